The number of ether oxygens (including phenoxy) is 2. The molecule has 0 radical (unpaired) electrons. The Labute approximate surface area is 172 Å². The summed E-state index contributed by atoms with van der Waals surface area (Å²) >= 11 is 0. The van der Waals surface area contributed by atoms with Crippen LogP contribution in [0.2, 0.25) is 0 Å². The summed E-state index contributed by atoms with van der Waals surface area (Å²) in [5.74, 6) is -3.70. The minimum absolute atomic E-state index is 0.0301. The molecule has 8 heteroatoms. The van der Waals surface area contributed by atoms with Crippen molar-refractivity contribution in [2.24, 2.45) is 5.73 Å². The summed E-state index contributed by atoms with van der Waals surface area (Å²) in [7, 11) is 2.27. The first-order chi connectivity index (χ1) is 14.5. The summed E-state index contributed by atoms with van der Waals surface area (Å²) < 4.78 is 24.4. The lowest BCUT2D eigenvalue weighted by atomic mass is 9.81. The number of carbonyl (C=O) groups excluding carboxylic acids is 2. The molecule has 0 amide bonds. The highest BCUT2D eigenvalue weighted by atomic mass is 19.1. The lowest BCUT2D eigenvalue weighted by Gasteiger charge is -2.35. The second kappa shape index (κ2) is 8.49. The third-order valence-electron chi connectivity index (χ3n) is 4.70. The van der Waals surface area contributed by atoms with E-state index in [0.29, 0.717) is 5.56 Å². The van der Waals surface area contributed by atoms with E-state index in [2.05, 4.69) is 0 Å². The Kier molecular flexibility index (Phi) is 5.83. The van der Waals surface area contributed by atoms with Gasteiger partial charge < -0.3 is 15.2 Å². The lowest BCUT2D eigenvalue weighted by Crippen LogP contribution is -2.41. The summed E-state index contributed by atoms with van der Waals surface area (Å²) in [6.07, 6.45) is 0. The molecule has 2 aromatic rings. The van der Waals surface area contributed by atoms with Gasteiger partial charge in [0.15, 0.2) is 0 Å². The fourth-order valence-corrected chi connectivity index (χ4v) is 3.40. The lowest BCUT2D eigenvalue weighted by molar-refractivity contribution is -0.139. The summed E-state index contributed by atoms with van der Waals surface area (Å²) in [5, 5.41) is 9.88. The maximum atomic E-state index is 14.7. The number of methoxy groups -OCH3 is 2. The minimum atomic E-state index is -0.999. The molecule has 0 saturated carbocycles. The first-order valence-electron chi connectivity index (χ1n) is 8.86. The number of allylic oxidation sites excluding steroid dienone is 1. The van der Waals surface area contributed by atoms with Crippen LogP contribution in [0.5, 0.6) is 0 Å². The molecule has 0 bridgehead atoms. The number of hydrogen-bond acceptors (Lipinski definition) is 7. The van der Waals surface area contributed by atoms with Crippen molar-refractivity contribution in [3.8, 4) is 6.07 Å². The molecule has 1 aliphatic rings. The van der Waals surface area contributed by atoms with Crippen LogP contribution in [-0.2, 0) is 19.1 Å². The number of esters is 2. The molecular weight excluding hydrogens is 389 g/mol. The molecule has 0 aromatic heterocycles. The highest BCUT2D eigenvalue weighted by Crippen LogP contribution is 2.43. The van der Waals surface area contributed by atoms with Gasteiger partial charge in [0.2, 0.25) is 0 Å². The van der Waals surface area contributed by atoms with Crippen LogP contribution in [0, 0.1) is 17.1 Å². The van der Waals surface area contributed by atoms with Crippen LogP contribution < -0.4 is 10.6 Å². The number of carbonyl (C=O) groups is 2. The molecule has 2 aromatic carbocycles. The van der Waals surface area contributed by atoms with Gasteiger partial charge in [-0.1, -0.05) is 42.5 Å². The molecule has 0 fully saturated rings. The number of rotatable bonds is 4. The van der Waals surface area contributed by atoms with Gasteiger partial charge >= 0.3 is 11.9 Å². The SMILES string of the molecule is COC(=O)C1=C(C(=O)OC)N(c2ccccc2F)C(N)=C(C#N)C1c1ccccc1. The maximum absolute atomic E-state index is 14.7. The van der Waals surface area contributed by atoms with E-state index < -0.39 is 23.7 Å². The monoisotopic (exact) mass is 407 g/mol. The molecular formula is C22H18FN3O4. The van der Waals surface area contributed by atoms with Gasteiger partial charge in [0.1, 0.15) is 17.3 Å². The Hall–Kier alpha value is -4.12. The normalized spacial score (nSPS) is 16.2. The molecule has 3 rings (SSSR count). The summed E-state index contributed by atoms with van der Waals surface area (Å²) in [6.45, 7) is 0. The molecule has 1 heterocycles. The average Bonchev–Trinajstić information content (AvgIpc) is 2.78. The third-order valence-corrected chi connectivity index (χ3v) is 4.70. The number of hydrogen-bond donors (Lipinski definition) is 1. The van der Waals surface area contributed by atoms with E-state index in [9.17, 15) is 19.2 Å². The van der Waals surface area contributed by atoms with Crippen LogP contribution >= 0.6 is 0 Å². The van der Waals surface area contributed by atoms with E-state index >= 15 is 0 Å². The number of nitrogens with two attached hydrogens (primary N) is 1. The number of nitrogens with zero attached hydrogens (tertiary/aromatic N) is 2. The second-order valence-corrected chi connectivity index (χ2v) is 6.29. The fourth-order valence-electron chi connectivity index (χ4n) is 3.40. The van der Waals surface area contributed by atoms with Gasteiger partial charge in [-0.05, 0) is 17.7 Å². The Balaban J connectivity index is 2.43. The van der Waals surface area contributed by atoms with Crippen molar-refractivity contribution >= 4 is 17.6 Å². The van der Waals surface area contributed by atoms with Crippen LogP contribution in [0.25, 0.3) is 0 Å². The fraction of sp³-hybridized carbons (Fsp3) is 0.136. The first kappa shape index (κ1) is 20.6. The summed E-state index contributed by atoms with van der Waals surface area (Å²) in [5.41, 5.74) is 6.16. The number of benzene rings is 2. The van der Waals surface area contributed by atoms with E-state index in [4.69, 9.17) is 15.2 Å². The Morgan fingerprint density at radius 3 is 2.20 bits per heavy atom. The second-order valence-electron chi connectivity index (χ2n) is 6.29. The van der Waals surface area contributed by atoms with Crippen LogP contribution in [0.15, 0.2) is 77.3 Å². The molecule has 1 aliphatic heterocycles. The molecule has 152 valence electrons. The minimum Gasteiger partial charge on any atom is -0.466 e. The molecule has 1 atom stereocenters. The molecule has 0 spiro atoms. The van der Waals surface area contributed by atoms with Gasteiger partial charge in [-0.2, -0.15) is 5.26 Å². The van der Waals surface area contributed by atoms with Crippen LogP contribution in [-0.4, -0.2) is 26.2 Å². The van der Waals surface area contributed by atoms with E-state index in [-0.39, 0.29) is 28.4 Å². The predicted molar refractivity (Wildman–Crippen MR) is 106 cm³/mol. The quantitative estimate of drug-likeness (QED) is 0.777. The zero-order valence-corrected chi connectivity index (χ0v) is 16.3. The largest absolute Gasteiger partial charge is 0.466 e. The standard InChI is InChI=1S/C22H18FN3O4/c1-29-21(27)18-17(13-8-4-3-5-9-13)14(12-24)20(25)26(19(18)22(28)30-2)16-11-7-6-10-15(16)23/h3-11,17H,25H2,1-2H3. The summed E-state index contributed by atoms with van der Waals surface area (Å²) in [6, 6.07) is 16.1. The predicted octanol–water partition coefficient (Wildman–Crippen LogP) is 2.72. The molecule has 7 nitrogen and oxygen atoms in total. The third kappa shape index (κ3) is 3.37. The zero-order chi connectivity index (χ0) is 21.8. The number of anilines is 1. The topological polar surface area (TPSA) is 106 Å². The van der Waals surface area contributed by atoms with Gasteiger partial charge in [0.05, 0.1) is 43.0 Å². The highest BCUT2D eigenvalue weighted by molar-refractivity contribution is 6.06. The Bertz CT molecular complexity index is 1100. The van der Waals surface area contributed by atoms with E-state index in [1.165, 1.54) is 24.3 Å². The van der Waals surface area contributed by atoms with Crippen LogP contribution in [0.4, 0.5) is 10.1 Å². The summed E-state index contributed by atoms with van der Waals surface area (Å²) in [4.78, 5) is 26.6. The molecule has 0 saturated heterocycles. The molecule has 30 heavy (non-hydrogen) atoms. The van der Waals surface area contributed by atoms with Crippen LogP contribution in [0.1, 0.15) is 11.5 Å². The Morgan fingerprint density at radius 1 is 1.03 bits per heavy atom. The van der Waals surface area contributed by atoms with Crippen molar-refractivity contribution in [1.82, 2.24) is 0 Å². The van der Waals surface area contributed by atoms with Gasteiger partial charge in [0.25, 0.3) is 0 Å². The van der Waals surface area contributed by atoms with Gasteiger partial charge in [-0.15, -0.1) is 0 Å². The first-order valence-corrected chi connectivity index (χ1v) is 8.86. The Morgan fingerprint density at radius 2 is 1.63 bits per heavy atom. The van der Waals surface area contributed by atoms with Crippen molar-refractivity contribution < 1.29 is 23.5 Å². The average molecular weight is 407 g/mol. The van der Waals surface area contributed by atoms with E-state index in [1.807, 2.05) is 6.07 Å². The van der Waals surface area contributed by atoms with Gasteiger partial charge in [-0.3, -0.25) is 4.90 Å². The van der Waals surface area contributed by atoms with Crippen molar-refractivity contribution in [3.05, 3.63) is 88.6 Å². The zero-order valence-electron chi connectivity index (χ0n) is 16.3. The van der Waals surface area contributed by atoms with Gasteiger partial charge in [-0.25, -0.2) is 14.0 Å². The number of halogens is 1. The number of para-hydroxylation sites is 1. The maximum Gasteiger partial charge on any atom is 0.355 e. The smallest absolute Gasteiger partial charge is 0.355 e. The van der Waals surface area contributed by atoms with E-state index in [0.717, 1.165) is 19.1 Å². The number of nitriles is 1. The van der Waals surface area contributed by atoms with Gasteiger partial charge in [0, 0.05) is 0 Å². The highest BCUT2D eigenvalue weighted by Gasteiger charge is 2.43. The van der Waals surface area contributed by atoms with Crippen LogP contribution in [0.3, 0.4) is 0 Å². The molecule has 0 aliphatic carbocycles. The van der Waals surface area contributed by atoms with Crippen molar-refractivity contribution in [1.29, 1.82) is 5.26 Å². The van der Waals surface area contributed by atoms with Crippen molar-refractivity contribution in [2.75, 3.05) is 19.1 Å². The molecule has 2 N–H and O–H groups in total. The van der Waals surface area contributed by atoms with Crippen molar-refractivity contribution in [3.63, 3.8) is 0 Å². The van der Waals surface area contributed by atoms with Crippen molar-refractivity contribution in [2.45, 2.75) is 5.92 Å². The molecule has 1 unspecified atom stereocenters. The van der Waals surface area contributed by atoms with E-state index in [1.54, 1.807) is 30.3 Å².